The average molecular weight is 157 g/mol. The molecule has 0 saturated heterocycles. The second-order valence-corrected chi connectivity index (χ2v) is 1.89. The van der Waals surface area contributed by atoms with Crippen molar-refractivity contribution in [2.24, 2.45) is 5.73 Å². The third-order valence-electron chi connectivity index (χ3n) is 1.11. The molecule has 0 radical (unpaired) electrons. The molecule has 11 heavy (non-hydrogen) atoms. The summed E-state index contributed by atoms with van der Waals surface area (Å²) in [6.07, 6.45) is 0. The van der Waals surface area contributed by atoms with E-state index in [2.05, 4.69) is 10.7 Å². The highest BCUT2D eigenvalue weighted by atomic mass is 19.3. The molecule has 0 aromatic heterocycles. The van der Waals surface area contributed by atoms with Gasteiger partial charge in [0.25, 0.3) is 0 Å². The van der Waals surface area contributed by atoms with E-state index in [1.807, 2.05) is 6.92 Å². The van der Waals surface area contributed by atoms with Crippen molar-refractivity contribution in [3.63, 3.8) is 0 Å². The Morgan fingerprint density at radius 1 is 1.18 bits per heavy atom. The van der Waals surface area contributed by atoms with Gasteiger partial charge in [0.15, 0.2) is 5.75 Å². The van der Waals surface area contributed by atoms with Gasteiger partial charge in [0.05, 0.1) is 0 Å². The van der Waals surface area contributed by atoms with Crippen molar-refractivity contribution in [1.82, 2.24) is 0 Å². The SMILES string of the molecule is CN.Cc1ccc(OF)cc1. The third-order valence-corrected chi connectivity index (χ3v) is 1.11. The Labute approximate surface area is 65.7 Å². The van der Waals surface area contributed by atoms with Gasteiger partial charge in [-0.15, -0.1) is 0 Å². The molecule has 1 rings (SSSR count). The quantitative estimate of drug-likeness (QED) is 0.675. The van der Waals surface area contributed by atoms with Gasteiger partial charge in [0.1, 0.15) is 0 Å². The summed E-state index contributed by atoms with van der Waals surface area (Å²) in [4.78, 5) is 3.47. The number of rotatable bonds is 1. The van der Waals surface area contributed by atoms with Gasteiger partial charge in [-0.2, -0.15) is 0 Å². The predicted molar refractivity (Wildman–Crippen MR) is 43.0 cm³/mol. The molecule has 2 N–H and O–H groups in total. The van der Waals surface area contributed by atoms with Crippen LogP contribution >= 0.6 is 0 Å². The Hall–Kier alpha value is -1.09. The number of halogens is 1. The number of hydrogen-bond donors (Lipinski definition) is 1. The Bertz CT molecular complexity index is 186. The number of nitrogens with two attached hydrogens (primary N) is 1. The summed E-state index contributed by atoms with van der Waals surface area (Å²) in [7, 11) is 1.50. The first-order valence-electron chi connectivity index (χ1n) is 3.26. The van der Waals surface area contributed by atoms with E-state index >= 15 is 0 Å². The van der Waals surface area contributed by atoms with Crippen LogP contribution in [0.25, 0.3) is 0 Å². The minimum absolute atomic E-state index is 0.251. The van der Waals surface area contributed by atoms with Gasteiger partial charge >= 0.3 is 0 Å². The highest BCUT2D eigenvalue weighted by Gasteiger charge is 1.88. The highest BCUT2D eigenvalue weighted by molar-refractivity contribution is 5.25. The summed E-state index contributed by atoms with van der Waals surface area (Å²) in [5.74, 6) is 0.251. The summed E-state index contributed by atoms with van der Waals surface area (Å²) in [5.41, 5.74) is 5.59. The zero-order chi connectivity index (χ0) is 8.69. The van der Waals surface area contributed by atoms with Crippen molar-refractivity contribution in [2.75, 3.05) is 7.05 Å². The maximum Gasteiger partial charge on any atom is 0.171 e. The van der Waals surface area contributed by atoms with Crippen LogP contribution < -0.4 is 10.7 Å². The molecule has 0 fully saturated rings. The molecule has 0 unspecified atom stereocenters. The number of aryl methyl sites for hydroxylation is 1. The summed E-state index contributed by atoms with van der Waals surface area (Å²) >= 11 is 0. The van der Waals surface area contributed by atoms with Gasteiger partial charge in [0.2, 0.25) is 0 Å². The van der Waals surface area contributed by atoms with Gasteiger partial charge in [-0.1, -0.05) is 17.7 Å². The van der Waals surface area contributed by atoms with E-state index in [1.165, 1.54) is 7.05 Å². The van der Waals surface area contributed by atoms with E-state index in [1.54, 1.807) is 24.3 Å². The zero-order valence-corrected chi connectivity index (χ0v) is 6.67. The van der Waals surface area contributed by atoms with Crippen LogP contribution in [0.15, 0.2) is 24.3 Å². The molecular formula is C8H12FNO. The molecule has 62 valence electrons. The lowest BCUT2D eigenvalue weighted by atomic mass is 10.2. The van der Waals surface area contributed by atoms with Crippen molar-refractivity contribution in [1.29, 1.82) is 0 Å². The molecule has 0 heterocycles. The molecule has 0 amide bonds. The van der Waals surface area contributed by atoms with Crippen LogP contribution in [-0.4, -0.2) is 7.05 Å². The van der Waals surface area contributed by atoms with E-state index in [0.717, 1.165) is 5.56 Å². The lowest BCUT2D eigenvalue weighted by molar-refractivity contribution is -0.00621. The van der Waals surface area contributed by atoms with E-state index in [4.69, 9.17) is 0 Å². The van der Waals surface area contributed by atoms with Gasteiger partial charge in [-0.25, -0.2) is 0 Å². The fraction of sp³-hybridized carbons (Fsp3) is 0.250. The maximum atomic E-state index is 11.4. The molecule has 0 saturated carbocycles. The summed E-state index contributed by atoms with van der Waals surface area (Å²) in [6.45, 7) is 1.93. The average Bonchev–Trinajstić information content (AvgIpc) is 2.10. The predicted octanol–water partition coefficient (Wildman–Crippen LogP) is 1.83. The molecule has 2 nitrogen and oxygen atoms in total. The summed E-state index contributed by atoms with van der Waals surface area (Å²) < 4.78 is 11.4. The van der Waals surface area contributed by atoms with E-state index in [-0.39, 0.29) is 5.75 Å². The number of hydrogen-bond acceptors (Lipinski definition) is 2. The first kappa shape index (κ1) is 9.91. The normalized spacial score (nSPS) is 8.00. The Morgan fingerprint density at radius 3 is 2.00 bits per heavy atom. The molecule has 3 heteroatoms. The standard InChI is InChI=1S/C7H7FO.CH5N/c1-6-2-4-7(9-8)5-3-6;1-2/h2-5H,1H3;2H2,1H3. The third kappa shape index (κ3) is 3.57. The molecule has 0 aliphatic carbocycles. The molecule has 0 aliphatic heterocycles. The van der Waals surface area contributed by atoms with Crippen LogP contribution in [0.1, 0.15) is 5.56 Å². The Kier molecular flexibility index (Phi) is 5.11. The van der Waals surface area contributed by atoms with Crippen LogP contribution in [-0.2, 0) is 0 Å². The monoisotopic (exact) mass is 157 g/mol. The largest absolute Gasteiger partial charge is 0.333 e. The summed E-state index contributed by atoms with van der Waals surface area (Å²) in [5, 5.41) is 0. The van der Waals surface area contributed by atoms with Crippen molar-refractivity contribution in [3.05, 3.63) is 29.8 Å². The fourth-order valence-electron chi connectivity index (χ4n) is 0.590. The van der Waals surface area contributed by atoms with Crippen LogP contribution in [0.2, 0.25) is 0 Å². The van der Waals surface area contributed by atoms with Crippen molar-refractivity contribution in [2.45, 2.75) is 6.92 Å². The Morgan fingerprint density at radius 2 is 1.64 bits per heavy atom. The van der Waals surface area contributed by atoms with Crippen LogP contribution in [0, 0.1) is 6.92 Å². The molecule has 0 aliphatic rings. The fourth-order valence-corrected chi connectivity index (χ4v) is 0.590. The molecule has 0 atom stereocenters. The molecule has 0 bridgehead atoms. The van der Waals surface area contributed by atoms with Crippen molar-refractivity contribution < 1.29 is 9.47 Å². The zero-order valence-electron chi connectivity index (χ0n) is 6.67. The van der Waals surface area contributed by atoms with Crippen LogP contribution in [0.5, 0.6) is 5.75 Å². The molecular weight excluding hydrogens is 145 g/mol. The number of benzene rings is 1. The first-order chi connectivity index (χ1) is 5.33. The molecule has 1 aromatic carbocycles. The minimum Gasteiger partial charge on any atom is -0.333 e. The van der Waals surface area contributed by atoms with Crippen LogP contribution in [0.4, 0.5) is 4.53 Å². The van der Waals surface area contributed by atoms with Crippen LogP contribution in [0.3, 0.4) is 0 Å². The smallest absolute Gasteiger partial charge is 0.171 e. The van der Waals surface area contributed by atoms with E-state index in [9.17, 15) is 4.53 Å². The Balaban J connectivity index is 0.000000461. The van der Waals surface area contributed by atoms with E-state index in [0.29, 0.717) is 0 Å². The van der Waals surface area contributed by atoms with Gasteiger partial charge in [0, 0.05) is 4.53 Å². The maximum absolute atomic E-state index is 11.4. The molecule has 0 spiro atoms. The minimum atomic E-state index is 0.251. The first-order valence-corrected chi connectivity index (χ1v) is 3.26. The lowest BCUT2D eigenvalue weighted by Gasteiger charge is -1.92. The van der Waals surface area contributed by atoms with Gasteiger partial charge in [-0.3, -0.25) is 4.94 Å². The topological polar surface area (TPSA) is 35.2 Å². The van der Waals surface area contributed by atoms with Gasteiger partial charge in [-0.05, 0) is 26.1 Å². The second-order valence-electron chi connectivity index (χ2n) is 1.89. The highest BCUT2D eigenvalue weighted by Crippen LogP contribution is 2.10. The van der Waals surface area contributed by atoms with Crippen molar-refractivity contribution >= 4 is 0 Å². The van der Waals surface area contributed by atoms with Crippen molar-refractivity contribution in [3.8, 4) is 5.75 Å². The second kappa shape index (κ2) is 5.68. The lowest BCUT2D eigenvalue weighted by Crippen LogP contribution is -1.75. The molecule has 1 aromatic rings. The summed E-state index contributed by atoms with van der Waals surface area (Å²) in [6, 6.07) is 6.73. The van der Waals surface area contributed by atoms with E-state index < -0.39 is 0 Å². The van der Waals surface area contributed by atoms with Gasteiger partial charge < -0.3 is 5.73 Å².